The summed E-state index contributed by atoms with van der Waals surface area (Å²) in [5, 5.41) is 5.01. The molecule has 0 spiro atoms. The second-order valence-corrected chi connectivity index (χ2v) is 17.7. The number of fused-ring (bicyclic) bond motifs is 2. The Morgan fingerprint density at radius 1 is 0.825 bits per heavy atom. The van der Waals surface area contributed by atoms with Gasteiger partial charge in [0.25, 0.3) is 17.7 Å². The van der Waals surface area contributed by atoms with Crippen molar-refractivity contribution in [2.75, 3.05) is 71.4 Å². The molecule has 0 radical (unpaired) electrons. The highest BCUT2D eigenvalue weighted by Gasteiger charge is 2.45. The molecule has 0 saturated carbocycles. The Morgan fingerprint density at radius 3 is 2.32 bits per heavy atom. The van der Waals surface area contributed by atoms with Crippen LogP contribution in [-0.2, 0) is 25.6 Å². The van der Waals surface area contributed by atoms with Crippen LogP contribution in [-0.4, -0.2) is 134 Å². The zero-order valence-corrected chi connectivity index (χ0v) is 36.3. The molecule has 334 valence electrons. The van der Waals surface area contributed by atoms with Crippen LogP contribution in [0, 0.1) is 5.82 Å². The van der Waals surface area contributed by atoms with E-state index in [4.69, 9.17) is 4.74 Å². The van der Waals surface area contributed by atoms with Gasteiger partial charge in [0.05, 0.1) is 11.1 Å². The van der Waals surface area contributed by atoms with E-state index in [1.54, 1.807) is 6.07 Å². The summed E-state index contributed by atoms with van der Waals surface area (Å²) < 4.78 is 20.5. The summed E-state index contributed by atoms with van der Waals surface area (Å²) in [6.07, 6.45) is 6.98. The molecule has 6 amide bonds. The quantitative estimate of drug-likeness (QED) is 0.157. The highest BCUT2D eigenvalue weighted by molar-refractivity contribution is 6.23. The fourth-order valence-corrected chi connectivity index (χ4v) is 10.1. The van der Waals surface area contributed by atoms with Gasteiger partial charge >= 0.3 is 0 Å². The Labute approximate surface area is 368 Å². The number of nitrogens with zero attached hydrogens (tertiary/aromatic N) is 5. The molecule has 4 aliphatic heterocycles. The number of ether oxygens (including phenoxy) is 1. The standard InChI is InChI=1S/C48H58FN7O7/c1-52(2)41-29-55(39-19-14-32-9-8-10-38(49)45(32)39)28-37(41)31-12-15-33(16-13-31)53-23-25-54(26-24-53)44(59)11-6-4-3-5-7-22-50-43(58)30-63-34-17-18-35-36(27-34)48(62)56(47(35)61)40-20-21-42(57)51-46(40)60/h8-10,12-13,15-18,27,37,39-41H,3-7,11,14,19-26,28-30H2,1-2H3,(H,50,58)(H,51,57,60)/t37-,39?,40?,41+/m1/s1. The summed E-state index contributed by atoms with van der Waals surface area (Å²) in [5.74, 6) is -1.97. The highest BCUT2D eigenvalue weighted by atomic mass is 19.1. The van der Waals surface area contributed by atoms with Gasteiger partial charge in [-0.1, -0.05) is 43.5 Å². The van der Waals surface area contributed by atoms with Crippen molar-refractivity contribution < 1.29 is 37.9 Å². The minimum Gasteiger partial charge on any atom is -0.484 e. The van der Waals surface area contributed by atoms with Gasteiger partial charge in [-0.05, 0) is 93.7 Å². The van der Waals surface area contributed by atoms with Gasteiger partial charge in [0, 0.05) is 87.9 Å². The van der Waals surface area contributed by atoms with Crippen molar-refractivity contribution in [3.63, 3.8) is 0 Å². The van der Waals surface area contributed by atoms with Crippen LogP contribution in [0.25, 0.3) is 0 Å². The maximum atomic E-state index is 14.9. The topological polar surface area (TPSA) is 152 Å². The molecule has 1 aliphatic carbocycles. The molecule has 15 heteroatoms. The van der Waals surface area contributed by atoms with Crippen molar-refractivity contribution in [2.24, 2.45) is 0 Å². The second kappa shape index (κ2) is 19.4. The number of hydrogen-bond acceptors (Lipinski definition) is 10. The number of unbranched alkanes of at least 4 members (excludes halogenated alkanes) is 4. The Bertz CT molecular complexity index is 2230. The number of carbonyl (C=O) groups excluding carboxylic acids is 6. The number of rotatable bonds is 16. The Morgan fingerprint density at radius 2 is 1.56 bits per heavy atom. The first-order valence-electron chi connectivity index (χ1n) is 22.5. The lowest BCUT2D eigenvalue weighted by molar-refractivity contribution is -0.136. The van der Waals surface area contributed by atoms with E-state index < -0.39 is 29.7 Å². The number of aryl methyl sites for hydroxylation is 1. The Hall–Kier alpha value is -5.67. The molecule has 3 saturated heterocycles. The molecule has 4 atom stereocenters. The lowest BCUT2D eigenvalue weighted by atomic mass is 9.93. The maximum Gasteiger partial charge on any atom is 0.262 e. The van der Waals surface area contributed by atoms with Gasteiger partial charge in [-0.15, -0.1) is 0 Å². The van der Waals surface area contributed by atoms with Gasteiger partial charge in [-0.25, -0.2) is 4.39 Å². The first-order valence-corrected chi connectivity index (χ1v) is 22.5. The van der Waals surface area contributed by atoms with Crippen molar-refractivity contribution in [2.45, 2.75) is 88.3 Å². The number of piperidine rings is 1. The third-order valence-electron chi connectivity index (χ3n) is 13.6. The zero-order chi connectivity index (χ0) is 44.2. The molecule has 3 aromatic carbocycles. The summed E-state index contributed by atoms with van der Waals surface area (Å²) >= 11 is 0. The molecule has 4 heterocycles. The molecule has 0 bridgehead atoms. The largest absolute Gasteiger partial charge is 0.484 e. The summed E-state index contributed by atoms with van der Waals surface area (Å²) in [5.41, 5.74) is 4.76. The number of hydrogen-bond donors (Lipinski definition) is 2. The molecule has 63 heavy (non-hydrogen) atoms. The first kappa shape index (κ1) is 44.0. The average molecular weight is 864 g/mol. The molecule has 0 aromatic heterocycles. The number of amides is 6. The van der Waals surface area contributed by atoms with Crippen LogP contribution in [0.1, 0.15) is 107 Å². The van der Waals surface area contributed by atoms with Gasteiger partial charge in [0.15, 0.2) is 6.61 Å². The van der Waals surface area contributed by atoms with Gasteiger partial charge in [-0.3, -0.25) is 43.9 Å². The molecule has 5 aliphatic rings. The molecule has 8 rings (SSSR count). The molecule has 3 fully saturated rings. The van der Waals surface area contributed by atoms with Crippen LogP contribution < -0.4 is 20.3 Å². The van der Waals surface area contributed by atoms with Gasteiger partial charge in [0.2, 0.25) is 17.7 Å². The van der Waals surface area contributed by atoms with E-state index in [1.807, 2.05) is 11.0 Å². The van der Waals surface area contributed by atoms with E-state index in [9.17, 15) is 33.2 Å². The van der Waals surface area contributed by atoms with Crippen LogP contribution in [0.4, 0.5) is 10.1 Å². The van der Waals surface area contributed by atoms with E-state index in [0.29, 0.717) is 38.0 Å². The van der Waals surface area contributed by atoms with E-state index in [2.05, 4.69) is 69.8 Å². The Kier molecular flexibility index (Phi) is 13.5. The number of imide groups is 2. The maximum absolute atomic E-state index is 14.9. The number of piperazine rings is 1. The molecule has 14 nitrogen and oxygen atoms in total. The monoisotopic (exact) mass is 863 g/mol. The van der Waals surface area contributed by atoms with Crippen LogP contribution in [0.5, 0.6) is 5.75 Å². The minimum atomic E-state index is -1.05. The summed E-state index contributed by atoms with van der Waals surface area (Å²) in [6.45, 7) is 5.05. The van der Waals surface area contributed by atoms with Crippen LogP contribution >= 0.6 is 0 Å². The molecule has 2 unspecified atom stereocenters. The predicted octanol–water partition coefficient (Wildman–Crippen LogP) is 4.43. The predicted molar refractivity (Wildman–Crippen MR) is 234 cm³/mol. The third kappa shape index (κ3) is 9.64. The SMILES string of the molecule is CN(C)[C@H]1CN(C2CCc3cccc(F)c32)C[C@@H]1c1ccc(N2CCN(C(=O)CCCCCCCNC(=O)COc3ccc4c(c3)C(=O)N(C3CCC(=O)NC3=O)C4=O)CC2)cc1. The zero-order valence-electron chi connectivity index (χ0n) is 36.3. The number of carbonyl (C=O) groups is 6. The summed E-state index contributed by atoms with van der Waals surface area (Å²) in [4.78, 5) is 85.3. The number of benzene rings is 3. The Balaban J connectivity index is 0.690. The number of likely N-dealkylation sites (tertiary alicyclic amines) is 1. The van der Waals surface area contributed by atoms with Crippen molar-refractivity contribution in [1.82, 2.24) is 30.2 Å². The van der Waals surface area contributed by atoms with Crippen molar-refractivity contribution >= 4 is 41.1 Å². The summed E-state index contributed by atoms with van der Waals surface area (Å²) in [6, 6.07) is 18.2. The van der Waals surface area contributed by atoms with Crippen molar-refractivity contribution in [3.05, 3.63) is 94.3 Å². The fourth-order valence-electron chi connectivity index (χ4n) is 10.1. The second-order valence-electron chi connectivity index (χ2n) is 17.7. The van der Waals surface area contributed by atoms with Gasteiger partial charge in [-0.2, -0.15) is 0 Å². The lowest BCUT2D eigenvalue weighted by Crippen LogP contribution is -2.54. The van der Waals surface area contributed by atoms with Gasteiger partial charge < -0.3 is 24.8 Å². The van der Waals surface area contributed by atoms with E-state index in [1.165, 1.54) is 29.4 Å². The van der Waals surface area contributed by atoms with E-state index in [0.717, 1.165) is 87.2 Å². The molecular formula is C48H58FN7O7. The van der Waals surface area contributed by atoms with E-state index >= 15 is 0 Å². The first-order chi connectivity index (χ1) is 30.5. The third-order valence-corrected chi connectivity index (χ3v) is 13.6. The van der Waals surface area contributed by atoms with Crippen LogP contribution in [0.2, 0.25) is 0 Å². The van der Waals surface area contributed by atoms with Crippen LogP contribution in [0.15, 0.2) is 60.7 Å². The average Bonchev–Trinajstić information content (AvgIpc) is 3.99. The number of likely N-dealkylation sites (N-methyl/N-ethyl adjacent to an activating group) is 1. The normalized spacial score (nSPS) is 22.4. The number of halogens is 1. The van der Waals surface area contributed by atoms with Crippen LogP contribution in [0.3, 0.4) is 0 Å². The van der Waals surface area contributed by atoms with Gasteiger partial charge in [0.1, 0.15) is 17.6 Å². The molecule has 3 aromatic rings. The number of nitrogens with one attached hydrogen (secondary N) is 2. The van der Waals surface area contributed by atoms with Crippen molar-refractivity contribution in [3.8, 4) is 5.75 Å². The lowest BCUT2D eigenvalue weighted by Gasteiger charge is -2.36. The summed E-state index contributed by atoms with van der Waals surface area (Å²) in [7, 11) is 4.29. The highest BCUT2D eigenvalue weighted by Crippen LogP contribution is 2.43. The molecule has 2 N–H and O–H groups in total. The van der Waals surface area contributed by atoms with Crippen molar-refractivity contribution in [1.29, 1.82) is 0 Å². The number of anilines is 1. The molecular weight excluding hydrogens is 806 g/mol. The fraction of sp³-hybridized carbons (Fsp3) is 0.500. The smallest absolute Gasteiger partial charge is 0.262 e. The van der Waals surface area contributed by atoms with E-state index in [-0.39, 0.29) is 60.0 Å². The minimum absolute atomic E-state index is 0.0361.